The number of rotatable bonds is 1. The van der Waals surface area contributed by atoms with Gasteiger partial charge in [-0.2, -0.15) is 0 Å². The fraction of sp³-hybridized carbons (Fsp3) is 0.500. The van der Waals surface area contributed by atoms with E-state index in [0.29, 0.717) is 0 Å². The van der Waals surface area contributed by atoms with Crippen molar-refractivity contribution in [2.24, 2.45) is 5.73 Å². The summed E-state index contributed by atoms with van der Waals surface area (Å²) >= 11 is 5.68. The first-order chi connectivity index (χ1) is 6.25. The van der Waals surface area contributed by atoms with Crippen LogP contribution in [0, 0.1) is 0 Å². The Balaban J connectivity index is 0.000000980. The lowest BCUT2D eigenvalue weighted by Gasteiger charge is -2.15. The molecular weight excluding hydrogens is 223 g/mol. The summed E-state index contributed by atoms with van der Waals surface area (Å²) in [5.74, 6) is 0.868. The van der Waals surface area contributed by atoms with Crippen LogP contribution >= 0.6 is 11.6 Å². The predicted octanol–water partition coefficient (Wildman–Crippen LogP) is -2.33. The number of nitrogens with zero attached hydrogens (tertiary/aromatic N) is 3. The molecular formula is C8H11Cl2N4-. The van der Waals surface area contributed by atoms with E-state index in [1.807, 2.05) is 6.07 Å². The summed E-state index contributed by atoms with van der Waals surface area (Å²) in [6.07, 6.45) is 2.68. The monoisotopic (exact) mass is 233 g/mol. The summed E-state index contributed by atoms with van der Waals surface area (Å²) < 4.78 is 0. The summed E-state index contributed by atoms with van der Waals surface area (Å²) in [6, 6.07) is 2.11. The van der Waals surface area contributed by atoms with Gasteiger partial charge in [0.25, 0.3) is 0 Å². The minimum atomic E-state index is 0. The van der Waals surface area contributed by atoms with Gasteiger partial charge in [0.2, 0.25) is 5.28 Å². The Bertz CT molecular complexity index is 307. The first kappa shape index (κ1) is 11.5. The highest BCUT2D eigenvalue weighted by molar-refractivity contribution is 6.28. The van der Waals surface area contributed by atoms with Gasteiger partial charge in [-0.3, -0.25) is 0 Å². The van der Waals surface area contributed by atoms with E-state index in [2.05, 4.69) is 14.9 Å². The van der Waals surface area contributed by atoms with Gasteiger partial charge in [-0.25, -0.2) is 9.97 Å². The summed E-state index contributed by atoms with van der Waals surface area (Å²) in [6.45, 7) is 1.81. The van der Waals surface area contributed by atoms with Gasteiger partial charge in [0.05, 0.1) is 0 Å². The van der Waals surface area contributed by atoms with E-state index in [0.717, 1.165) is 25.3 Å². The number of hydrogen-bond acceptors (Lipinski definition) is 4. The van der Waals surface area contributed by atoms with E-state index in [1.54, 1.807) is 6.20 Å². The maximum absolute atomic E-state index is 5.78. The topological polar surface area (TPSA) is 55.0 Å². The van der Waals surface area contributed by atoms with Gasteiger partial charge < -0.3 is 23.0 Å². The van der Waals surface area contributed by atoms with Gasteiger partial charge in [0, 0.05) is 25.3 Å². The van der Waals surface area contributed by atoms with Crippen LogP contribution in [-0.2, 0) is 0 Å². The molecule has 1 aromatic rings. The van der Waals surface area contributed by atoms with E-state index < -0.39 is 0 Å². The maximum atomic E-state index is 5.78. The average Bonchev–Trinajstić information content (AvgIpc) is 2.52. The summed E-state index contributed by atoms with van der Waals surface area (Å²) in [7, 11) is 0. The molecule has 0 amide bonds. The molecule has 0 unspecified atom stereocenters. The normalized spacial score (nSPS) is 20.7. The Morgan fingerprint density at radius 2 is 2.36 bits per heavy atom. The lowest BCUT2D eigenvalue weighted by Crippen LogP contribution is -3.00. The van der Waals surface area contributed by atoms with Crippen LogP contribution in [0.5, 0.6) is 0 Å². The molecule has 2 N–H and O–H groups in total. The van der Waals surface area contributed by atoms with Gasteiger partial charge in [0.1, 0.15) is 5.82 Å². The SMILES string of the molecule is N[C@H]1CCN(c2ccnc(Cl)n2)C1.[Cl-]. The molecule has 1 aromatic heterocycles. The van der Waals surface area contributed by atoms with Gasteiger partial charge >= 0.3 is 0 Å². The molecule has 2 rings (SSSR count). The van der Waals surface area contributed by atoms with E-state index in [4.69, 9.17) is 17.3 Å². The van der Waals surface area contributed by atoms with Crippen LogP contribution in [0.3, 0.4) is 0 Å². The first-order valence-corrected chi connectivity index (χ1v) is 4.62. The quantitative estimate of drug-likeness (QED) is 0.554. The molecule has 1 aliphatic rings. The molecule has 0 bridgehead atoms. The molecule has 1 fully saturated rings. The van der Waals surface area contributed by atoms with E-state index >= 15 is 0 Å². The highest BCUT2D eigenvalue weighted by Gasteiger charge is 2.20. The molecule has 0 aliphatic carbocycles. The van der Waals surface area contributed by atoms with Crippen LogP contribution in [0.2, 0.25) is 5.28 Å². The van der Waals surface area contributed by atoms with E-state index in [9.17, 15) is 0 Å². The minimum Gasteiger partial charge on any atom is -1.00 e. The molecule has 4 nitrogen and oxygen atoms in total. The predicted molar refractivity (Wildman–Crippen MR) is 51.8 cm³/mol. The molecule has 1 aliphatic heterocycles. The van der Waals surface area contributed by atoms with Crippen LogP contribution in [0.4, 0.5) is 5.82 Å². The fourth-order valence-corrected chi connectivity index (χ4v) is 1.64. The second kappa shape index (κ2) is 4.77. The van der Waals surface area contributed by atoms with Gasteiger partial charge in [0.15, 0.2) is 0 Å². The number of nitrogens with two attached hydrogens (primary N) is 1. The van der Waals surface area contributed by atoms with Crippen molar-refractivity contribution in [3.63, 3.8) is 0 Å². The summed E-state index contributed by atoms with van der Waals surface area (Å²) in [5, 5.41) is 0.290. The Labute approximate surface area is 93.9 Å². The smallest absolute Gasteiger partial charge is 0.224 e. The Hall–Kier alpha value is -0.580. The van der Waals surface area contributed by atoms with Crippen molar-refractivity contribution in [2.45, 2.75) is 12.5 Å². The lowest BCUT2D eigenvalue weighted by atomic mass is 10.3. The molecule has 14 heavy (non-hydrogen) atoms. The van der Waals surface area contributed by atoms with Gasteiger partial charge in [-0.05, 0) is 24.1 Å². The first-order valence-electron chi connectivity index (χ1n) is 4.25. The van der Waals surface area contributed by atoms with Crippen molar-refractivity contribution < 1.29 is 12.4 Å². The Kier molecular flexibility index (Phi) is 3.92. The van der Waals surface area contributed by atoms with Crippen LogP contribution < -0.4 is 23.0 Å². The van der Waals surface area contributed by atoms with E-state index in [-0.39, 0.29) is 23.7 Å². The number of hydrogen-bond donors (Lipinski definition) is 1. The molecule has 0 aromatic carbocycles. The molecule has 0 radical (unpaired) electrons. The van der Waals surface area contributed by atoms with Crippen molar-refractivity contribution in [2.75, 3.05) is 18.0 Å². The van der Waals surface area contributed by atoms with Crippen molar-refractivity contribution in [1.82, 2.24) is 9.97 Å². The molecule has 78 valence electrons. The van der Waals surface area contributed by atoms with Crippen molar-refractivity contribution in [3.05, 3.63) is 17.5 Å². The third-order valence-electron chi connectivity index (χ3n) is 2.16. The highest BCUT2D eigenvalue weighted by atomic mass is 35.5. The third kappa shape index (κ3) is 2.47. The second-order valence-corrected chi connectivity index (χ2v) is 3.52. The Morgan fingerprint density at radius 1 is 1.57 bits per heavy atom. The van der Waals surface area contributed by atoms with Crippen molar-refractivity contribution in [1.29, 1.82) is 0 Å². The zero-order valence-corrected chi connectivity index (χ0v) is 9.04. The maximum Gasteiger partial charge on any atom is 0.224 e. The third-order valence-corrected chi connectivity index (χ3v) is 2.34. The van der Waals surface area contributed by atoms with Gasteiger partial charge in [-0.1, -0.05) is 0 Å². The summed E-state index contributed by atoms with van der Waals surface area (Å²) in [4.78, 5) is 10.1. The number of aromatic nitrogens is 2. The van der Waals surface area contributed by atoms with Crippen LogP contribution in [0.15, 0.2) is 12.3 Å². The summed E-state index contributed by atoms with van der Waals surface area (Å²) in [5.41, 5.74) is 5.78. The second-order valence-electron chi connectivity index (χ2n) is 3.18. The molecule has 1 atom stereocenters. The zero-order chi connectivity index (χ0) is 9.26. The molecule has 0 spiro atoms. The van der Waals surface area contributed by atoms with Crippen LogP contribution in [0.1, 0.15) is 6.42 Å². The molecule has 6 heteroatoms. The highest BCUT2D eigenvalue weighted by Crippen LogP contribution is 2.17. The molecule has 2 heterocycles. The largest absolute Gasteiger partial charge is 1.00 e. The number of anilines is 1. The minimum absolute atomic E-state index is 0. The standard InChI is InChI=1S/C8H11ClN4.ClH/c9-8-11-3-1-7(12-8)13-4-2-6(10)5-13;/h1,3,6H,2,4-5,10H2;1H/p-1/t6-;/m0./s1. The van der Waals surface area contributed by atoms with Gasteiger partial charge in [-0.15, -0.1) is 0 Å². The molecule has 1 saturated heterocycles. The molecule has 0 saturated carbocycles. The fourth-order valence-electron chi connectivity index (χ4n) is 1.50. The lowest BCUT2D eigenvalue weighted by molar-refractivity contribution is -0.00000288. The van der Waals surface area contributed by atoms with Crippen molar-refractivity contribution >= 4 is 17.4 Å². The number of halogens is 2. The van der Waals surface area contributed by atoms with Crippen LogP contribution in [-0.4, -0.2) is 29.1 Å². The zero-order valence-electron chi connectivity index (χ0n) is 7.53. The van der Waals surface area contributed by atoms with Crippen LogP contribution in [0.25, 0.3) is 0 Å². The van der Waals surface area contributed by atoms with Crippen molar-refractivity contribution in [3.8, 4) is 0 Å². The average molecular weight is 234 g/mol. The van der Waals surface area contributed by atoms with E-state index in [1.165, 1.54) is 0 Å². The Morgan fingerprint density at radius 3 is 2.93 bits per heavy atom.